The maximum atomic E-state index is 12.2. The normalized spacial score (nSPS) is 12.7. The van der Waals surface area contributed by atoms with E-state index in [9.17, 15) is 4.79 Å². The molecule has 0 bridgehead atoms. The van der Waals surface area contributed by atoms with Crippen molar-refractivity contribution in [3.05, 3.63) is 66.8 Å². The molecule has 3 rings (SSSR count). The van der Waals surface area contributed by atoms with Crippen LogP contribution in [0.3, 0.4) is 0 Å². The van der Waals surface area contributed by atoms with Crippen LogP contribution in [0.25, 0.3) is 5.65 Å². The van der Waals surface area contributed by atoms with Gasteiger partial charge < -0.3 is 4.90 Å². The molecule has 0 aromatic carbocycles. The average Bonchev–Trinajstić information content (AvgIpc) is 2.85. The third-order valence-corrected chi connectivity index (χ3v) is 5.07. The van der Waals surface area contributed by atoms with E-state index in [0.717, 1.165) is 28.1 Å². The first-order chi connectivity index (χ1) is 10.5. The predicted molar refractivity (Wildman–Crippen MR) is 92.5 cm³/mol. The number of thiophene rings is 1. The number of pyridine rings is 1. The van der Waals surface area contributed by atoms with Crippen molar-refractivity contribution >= 4 is 32.9 Å². The summed E-state index contributed by atoms with van der Waals surface area (Å²) >= 11 is 5.23. The molecule has 0 aliphatic carbocycles. The van der Waals surface area contributed by atoms with Gasteiger partial charge in [0.1, 0.15) is 24.4 Å². The first kappa shape index (κ1) is 15.4. The summed E-state index contributed by atoms with van der Waals surface area (Å²) in [6, 6.07) is 9.71. The molecule has 0 aliphatic rings. The van der Waals surface area contributed by atoms with Gasteiger partial charge in [0.25, 0.3) is 5.56 Å². The van der Waals surface area contributed by atoms with Gasteiger partial charge in [0.2, 0.25) is 0 Å². The number of aryl methyl sites for hydroxylation is 1. The number of hydrogen-bond donors (Lipinski definition) is 1. The zero-order valence-corrected chi connectivity index (χ0v) is 14.9. The lowest BCUT2D eigenvalue weighted by atomic mass is 10.3. The highest BCUT2D eigenvalue weighted by Gasteiger charge is 2.10. The van der Waals surface area contributed by atoms with Crippen molar-refractivity contribution in [3.8, 4) is 0 Å². The van der Waals surface area contributed by atoms with Crippen LogP contribution >= 0.6 is 27.3 Å². The first-order valence-corrected chi connectivity index (χ1v) is 8.67. The minimum atomic E-state index is -0.0182. The SMILES string of the molecule is Cc1ccc2nc(C[NH+](C)Cc3ccc(Br)s3)cc(=O)n2c1. The molecule has 6 heteroatoms. The molecule has 0 amide bonds. The molecule has 4 nitrogen and oxygen atoms in total. The molecule has 1 N–H and O–H groups in total. The van der Waals surface area contributed by atoms with Gasteiger partial charge in [0, 0.05) is 12.3 Å². The second-order valence-electron chi connectivity index (χ2n) is 5.54. The van der Waals surface area contributed by atoms with Crippen LogP contribution in [0.4, 0.5) is 0 Å². The van der Waals surface area contributed by atoms with Crippen LogP contribution in [0, 0.1) is 6.92 Å². The molecular weight excluding hydrogens is 362 g/mol. The number of hydrogen-bond acceptors (Lipinski definition) is 3. The highest BCUT2D eigenvalue weighted by Crippen LogP contribution is 2.21. The van der Waals surface area contributed by atoms with Crippen molar-refractivity contribution in [1.82, 2.24) is 9.38 Å². The Bertz CT molecular complexity index is 871. The van der Waals surface area contributed by atoms with Crippen LogP contribution in [0.15, 0.2) is 45.1 Å². The summed E-state index contributed by atoms with van der Waals surface area (Å²) in [5.41, 5.74) is 2.58. The minimum absolute atomic E-state index is 0.0182. The zero-order chi connectivity index (χ0) is 15.7. The van der Waals surface area contributed by atoms with Gasteiger partial charge in [-0.1, -0.05) is 6.07 Å². The number of rotatable bonds is 4. The fourth-order valence-electron chi connectivity index (χ4n) is 2.46. The van der Waals surface area contributed by atoms with Gasteiger partial charge in [-0.05, 0) is 46.6 Å². The Morgan fingerprint density at radius 1 is 1.27 bits per heavy atom. The Morgan fingerprint density at radius 2 is 2.09 bits per heavy atom. The van der Waals surface area contributed by atoms with Crippen LogP contribution in [0.5, 0.6) is 0 Å². The number of nitrogens with one attached hydrogen (secondary N) is 1. The molecule has 3 heterocycles. The van der Waals surface area contributed by atoms with E-state index in [-0.39, 0.29) is 5.56 Å². The maximum Gasteiger partial charge on any atom is 0.258 e. The van der Waals surface area contributed by atoms with Gasteiger partial charge in [0.05, 0.1) is 15.7 Å². The molecule has 1 unspecified atom stereocenters. The summed E-state index contributed by atoms with van der Waals surface area (Å²) in [7, 11) is 2.12. The summed E-state index contributed by atoms with van der Waals surface area (Å²) in [4.78, 5) is 19.4. The van der Waals surface area contributed by atoms with Gasteiger partial charge in [0.15, 0.2) is 0 Å². The Labute approximate surface area is 141 Å². The Morgan fingerprint density at radius 3 is 2.82 bits per heavy atom. The van der Waals surface area contributed by atoms with Gasteiger partial charge in [-0.3, -0.25) is 9.20 Å². The van der Waals surface area contributed by atoms with E-state index >= 15 is 0 Å². The van der Waals surface area contributed by atoms with Crippen molar-refractivity contribution in [2.75, 3.05) is 7.05 Å². The third-order valence-electron chi connectivity index (χ3n) is 3.45. The van der Waals surface area contributed by atoms with Crippen molar-refractivity contribution < 1.29 is 4.90 Å². The molecule has 0 saturated heterocycles. The average molecular weight is 379 g/mol. The molecule has 0 spiro atoms. The molecule has 114 valence electrons. The fourth-order valence-corrected chi connectivity index (χ4v) is 4.06. The van der Waals surface area contributed by atoms with Crippen LogP contribution < -0.4 is 10.5 Å². The number of halogens is 1. The van der Waals surface area contributed by atoms with Crippen LogP contribution in [0.1, 0.15) is 16.1 Å². The minimum Gasteiger partial charge on any atom is -0.328 e. The quantitative estimate of drug-likeness (QED) is 0.754. The summed E-state index contributed by atoms with van der Waals surface area (Å²) in [5, 5.41) is 0. The highest BCUT2D eigenvalue weighted by atomic mass is 79.9. The summed E-state index contributed by atoms with van der Waals surface area (Å²) in [5.74, 6) is 0. The Hall–Kier alpha value is -1.50. The molecule has 3 aromatic rings. The second kappa shape index (κ2) is 6.32. The predicted octanol–water partition coefficient (Wildman–Crippen LogP) is 2.04. The summed E-state index contributed by atoms with van der Waals surface area (Å²) in [6.07, 6.45) is 1.83. The fraction of sp³-hybridized carbons (Fsp3) is 0.250. The van der Waals surface area contributed by atoms with E-state index in [1.807, 2.05) is 25.3 Å². The van der Waals surface area contributed by atoms with Crippen LogP contribution in [-0.2, 0) is 13.1 Å². The van der Waals surface area contributed by atoms with Gasteiger partial charge in [-0.25, -0.2) is 4.98 Å². The lowest BCUT2D eigenvalue weighted by molar-refractivity contribution is -0.907. The Kier molecular flexibility index (Phi) is 4.42. The Balaban J connectivity index is 1.81. The van der Waals surface area contributed by atoms with Gasteiger partial charge >= 0.3 is 0 Å². The largest absolute Gasteiger partial charge is 0.328 e. The third kappa shape index (κ3) is 3.45. The molecule has 0 aliphatic heterocycles. The topological polar surface area (TPSA) is 38.8 Å². The van der Waals surface area contributed by atoms with Crippen molar-refractivity contribution in [2.45, 2.75) is 20.0 Å². The highest BCUT2D eigenvalue weighted by molar-refractivity contribution is 9.11. The van der Waals surface area contributed by atoms with E-state index in [1.165, 1.54) is 9.78 Å². The summed E-state index contributed by atoms with van der Waals surface area (Å²) in [6.45, 7) is 3.62. The maximum absolute atomic E-state index is 12.2. The van der Waals surface area contributed by atoms with Crippen molar-refractivity contribution in [1.29, 1.82) is 0 Å². The molecule has 0 radical (unpaired) electrons. The molecule has 0 saturated carbocycles. The van der Waals surface area contributed by atoms with E-state index in [2.05, 4.69) is 40.1 Å². The number of nitrogens with zero attached hydrogens (tertiary/aromatic N) is 2. The molecule has 22 heavy (non-hydrogen) atoms. The first-order valence-electron chi connectivity index (χ1n) is 7.06. The standard InChI is InChI=1S/C16H16BrN3OS/c1-11-3-6-15-18-12(7-16(21)20(15)8-11)9-19(2)10-13-4-5-14(17)22-13/h3-8H,9-10H2,1-2H3/p+1. The summed E-state index contributed by atoms with van der Waals surface area (Å²) < 4.78 is 2.75. The van der Waals surface area contributed by atoms with Crippen LogP contribution in [-0.4, -0.2) is 16.4 Å². The second-order valence-corrected chi connectivity index (χ2v) is 8.08. The van der Waals surface area contributed by atoms with Gasteiger partial charge in [-0.15, -0.1) is 11.3 Å². The lowest BCUT2D eigenvalue weighted by Crippen LogP contribution is -3.06. The smallest absolute Gasteiger partial charge is 0.258 e. The van der Waals surface area contributed by atoms with Crippen molar-refractivity contribution in [2.24, 2.45) is 0 Å². The van der Waals surface area contributed by atoms with E-state index in [0.29, 0.717) is 5.65 Å². The monoisotopic (exact) mass is 378 g/mol. The number of fused-ring (bicyclic) bond motifs is 1. The molecular formula is C16H17BrN3OS+. The molecule has 1 atom stereocenters. The van der Waals surface area contributed by atoms with Crippen LogP contribution in [0.2, 0.25) is 0 Å². The zero-order valence-electron chi connectivity index (χ0n) is 12.5. The van der Waals surface area contributed by atoms with E-state index in [4.69, 9.17) is 0 Å². The van der Waals surface area contributed by atoms with Gasteiger partial charge in [-0.2, -0.15) is 0 Å². The molecule has 3 aromatic heterocycles. The lowest BCUT2D eigenvalue weighted by Gasteiger charge is -2.13. The molecule has 0 fully saturated rings. The van der Waals surface area contributed by atoms with Crippen molar-refractivity contribution in [3.63, 3.8) is 0 Å². The van der Waals surface area contributed by atoms with E-state index in [1.54, 1.807) is 21.8 Å². The number of aromatic nitrogens is 2. The van der Waals surface area contributed by atoms with E-state index < -0.39 is 0 Å². The number of quaternary nitrogens is 1.